The maximum absolute atomic E-state index is 13.2. The lowest BCUT2D eigenvalue weighted by molar-refractivity contribution is -0.393. The van der Waals surface area contributed by atoms with E-state index in [-0.39, 0.29) is 51.5 Å². The summed E-state index contributed by atoms with van der Waals surface area (Å²) in [4.78, 5) is 39.7. The lowest BCUT2D eigenvalue weighted by atomic mass is 9.99. The number of nitrogens with zero attached hydrogens (tertiary/aromatic N) is 4. The Kier molecular flexibility index (Phi) is 6.74. The summed E-state index contributed by atoms with van der Waals surface area (Å²) >= 11 is 0. The van der Waals surface area contributed by atoms with Crippen molar-refractivity contribution >= 4 is 28.7 Å². The molecule has 1 aromatic carbocycles. The van der Waals surface area contributed by atoms with Crippen LogP contribution in [0.5, 0.6) is 0 Å². The van der Waals surface area contributed by atoms with Crippen molar-refractivity contribution in [3.63, 3.8) is 0 Å². The number of alkyl halides is 3. The van der Waals surface area contributed by atoms with E-state index in [1.165, 1.54) is 4.90 Å². The molecule has 2 atom stereocenters. The number of nitro benzene ring substituents is 2. The number of halogens is 3. The second-order valence-electron chi connectivity index (χ2n) is 8.34. The van der Waals surface area contributed by atoms with Crippen LogP contribution in [0.2, 0.25) is 0 Å². The highest BCUT2D eigenvalue weighted by molar-refractivity contribution is 6.37. The van der Waals surface area contributed by atoms with E-state index in [1.54, 1.807) is 6.92 Å². The number of oxime groups is 1. The molecular weight excluding hydrogens is 497 g/mol. The Hall–Kier alpha value is -3.53. The Balaban J connectivity index is 1.54. The van der Waals surface area contributed by atoms with E-state index < -0.39 is 62.4 Å². The number of ether oxygens (including phenoxy) is 3. The number of piperidine rings is 1. The van der Waals surface area contributed by atoms with Crippen molar-refractivity contribution in [1.29, 1.82) is 0 Å². The van der Waals surface area contributed by atoms with Crippen LogP contribution < -0.4 is 4.90 Å². The maximum Gasteiger partial charge on any atom is 0.416 e. The summed E-state index contributed by atoms with van der Waals surface area (Å²) in [6.07, 6.45) is -5.42. The van der Waals surface area contributed by atoms with Crippen LogP contribution in [0.15, 0.2) is 17.3 Å². The SMILES string of the molecule is CCOC(=O)C1=NO[C@H]2COC3(CCN(c4c([N+](=O)[O-])cc(C(F)(F)F)cc4[N+](=O)[O-])CC3)OC[C@@H]12. The first kappa shape index (κ1) is 25.6. The smallest absolute Gasteiger partial charge is 0.416 e. The largest absolute Gasteiger partial charge is 0.461 e. The monoisotopic (exact) mass is 518 g/mol. The third kappa shape index (κ3) is 4.77. The molecule has 4 rings (SSSR count). The number of carbonyl (C=O) groups is 1. The number of benzene rings is 1. The standard InChI is InChI=1S/C20H21F3N4O9/c1-2-33-18(28)16-12-9-34-19(35-10-15(12)36-24-16)3-5-25(6-4-19)17-13(26(29)30)7-11(20(21,22)23)8-14(17)27(31)32/h7-8,12,15H,2-6,9-10H2,1H3/t12-,15+/m1/s1. The van der Waals surface area contributed by atoms with Gasteiger partial charge in [0.1, 0.15) is 0 Å². The average molecular weight is 518 g/mol. The molecule has 2 saturated heterocycles. The topological polar surface area (TPSA) is 156 Å². The van der Waals surface area contributed by atoms with Gasteiger partial charge in [-0.2, -0.15) is 13.2 Å². The predicted octanol–water partition coefficient (Wildman–Crippen LogP) is 2.80. The highest BCUT2D eigenvalue weighted by Crippen LogP contribution is 2.45. The summed E-state index contributed by atoms with van der Waals surface area (Å²) in [5, 5.41) is 26.9. The molecule has 13 nitrogen and oxygen atoms in total. The van der Waals surface area contributed by atoms with Crippen molar-refractivity contribution in [2.75, 3.05) is 37.8 Å². The van der Waals surface area contributed by atoms with E-state index in [2.05, 4.69) is 5.16 Å². The van der Waals surface area contributed by atoms with Gasteiger partial charge in [-0.25, -0.2) is 4.79 Å². The van der Waals surface area contributed by atoms with Gasteiger partial charge in [0, 0.05) is 38.1 Å². The minimum absolute atomic E-state index is 0.00287. The fourth-order valence-electron chi connectivity index (χ4n) is 4.42. The Morgan fingerprint density at radius 2 is 1.75 bits per heavy atom. The van der Waals surface area contributed by atoms with E-state index in [0.717, 1.165) is 0 Å². The first-order valence-corrected chi connectivity index (χ1v) is 10.9. The van der Waals surface area contributed by atoms with Gasteiger partial charge in [0.15, 0.2) is 23.3 Å². The number of hydrogen-bond acceptors (Lipinski definition) is 11. The molecule has 16 heteroatoms. The summed E-state index contributed by atoms with van der Waals surface area (Å²) in [7, 11) is 0. The zero-order valence-corrected chi connectivity index (χ0v) is 18.9. The Bertz CT molecular complexity index is 1070. The van der Waals surface area contributed by atoms with Crippen molar-refractivity contribution in [3.05, 3.63) is 37.9 Å². The summed E-state index contributed by atoms with van der Waals surface area (Å²) < 4.78 is 56.5. The molecule has 36 heavy (non-hydrogen) atoms. The van der Waals surface area contributed by atoms with Gasteiger partial charge in [0.05, 0.1) is 41.1 Å². The Morgan fingerprint density at radius 1 is 1.17 bits per heavy atom. The average Bonchev–Trinajstić information content (AvgIpc) is 3.16. The van der Waals surface area contributed by atoms with Gasteiger partial charge in [-0.1, -0.05) is 5.16 Å². The van der Waals surface area contributed by atoms with Gasteiger partial charge in [-0.05, 0) is 6.92 Å². The molecule has 196 valence electrons. The van der Waals surface area contributed by atoms with Crippen molar-refractivity contribution in [1.82, 2.24) is 0 Å². The summed E-state index contributed by atoms with van der Waals surface area (Å²) in [6, 6.07) is 0.584. The molecule has 1 spiro atoms. The number of carbonyl (C=O) groups excluding carboxylic acids is 1. The van der Waals surface area contributed by atoms with Crippen LogP contribution in [0.3, 0.4) is 0 Å². The zero-order chi connectivity index (χ0) is 26.3. The molecule has 0 bridgehead atoms. The number of esters is 1. The quantitative estimate of drug-likeness (QED) is 0.323. The summed E-state index contributed by atoms with van der Waals surface area (Å²) in [5.41, 5.74) is -3.98. The number of fused-ring (bicyclic) bond motifs is 1. The minimum atomic E-state index is -5.01. The summed E-state index contributed by atoms with van der Waals surface area (Å²) in [5.74, 6) is -2.36. The van der Waals surface area contributed by atoms with Gasteiger partial charge >= 0.3 is 12.1 Å². The zero-order valence-electron chi connectivity index (χ0n) is 18.9. The van der Waals surface area contributed by atoms with E-state index >= 15 is 0 Å². The molecule has 2 fully saturated rings. The van der Waals surface area contributed by atoms with Crippen LogP contribution in [0, 0.1) is 26.1 Å². The Labute approximate surface area is 201 Å². The highest BCUT2D eigenvalue weighted by Gasteiger charge is 2.48. The van der Waals surface area contributed by atoms with Crippen molar-refractivity contribution in [2.45, 2.75) is 37.8 Å². The molecule has 1 aromatic rings. The van der Waals surface area contributed by atoms with Gasteiger partial charge in [-0.15, -0.1) is 0 Å². The second kappa shape index (κ2) is 9.50. The van der Waals surface area contributed by atoms with E-state index in [0.29, 0.717) is 12.1 Å². The number of rotatable bonds is 5. The first-order chi connectivity index (χ1) is 17.0. The summed E-state index contributed by atoms with van der Waals surface area (Å²) in [6.45, 7) is 1.73. The highest BCUT2D eigenvalue weighted by atomic mass is 19.4. The number of nitro groups is 2. The number of hydrogen-bond donors (Lipinski definition) is 0. The van der Waals surface area contributed by atoms with Gasteiger partial charge in [0.2, 0.25) is 0 Å². The van der Waals surface area contributed by atoms with Crippen LogP contribution in [0.25, 0.3) is 0 Å². The molecule has 0 radical (unpaired) electrons. The van der Waals surface area contributed by atoms with Gasteiger partial charge in [-0.3, -0.25) is 20.2 Å². The van der Waals surface area contributed by atoms with Crippen molar-refractivity contribution < 1.29 is 46.9 Å². The van der Waals surface area contributed by atoms with Crippen LogP contribution in [0.4, 0.5) is 30.2 Å². The maximum atomic E-state index is 13.2. The Morgan fingerprint density at radius 3 is 2.28 bits per heavy atom. The molecule has 0 amide bonds. The molecule has 3 aliphatic rings. The molecule has 0 N–H and O–H groups in total. The van der Waals surface area contributed by atoms with E-state index in [9.17, 15) is 38.2 Å². The van der Waals surface area contributed by atoms with Crippen LogP contribution in [-0.2, 0) is 30.0 Å². The van der Waals surface area contributed by atoms with Crippen molar-refractivity contribution in [2.24, 2.45) is 11.1 Å². The molecule has 0 saturated carbocycles. The van der Waals surface area contributed by atoms with Crippen LogP contribution >= 0.6 is 0 Å². The minimum Gasteiger partial charge on any atom is -0.461 e. The molecule has 0 unspecified atom stereocenters. The number of anilines is 1. The molecule has 3 aliphatic heterocycles. The normalized spacial score (nSPS) is 23.3. The molecule has 0 aromatic heterocycles. The molecule has 0 aliphatic carbocycles. The second-order valence-corrected chi connectivity index (χ2v) is 8.34. The van der Waals surface area contributed by atoms with Gasteiger partial charge < -0.3 is 23.9 Å². The fourth-order valence-corrected chi connectivity index (χ4v) is 4.42. The third-order valence-electron chi connectivity index (χ3n) is 6.24. The van der Waals surface area contributed by atoms with Crippen LogP contribution in [-0.4, -0.2) is 66.3 Å². The fraction of sp³-hybridized carbons (Fsp3) is 0.600. The third-order valence-corrected chi connectivity index (χ3v) is 6.24. The van der Waals surface area contributed by atoms with Gasteiger partial charge in [0.25, 0.3) is 11.4 Å². The predicted molar refractivity (Wildman–Crippen MR) is 113 cm³/mol. The lowest BCUT2D eigenvalue weighted by Gasteiger charge is -2.41. The lowest BCUT2D eigenvalue weighted by Crippen LogP contribution is -2.48. The molecule has 3 heterocycles. The first-order valence-electron chi connectivity index (χ1n) is 10.9. The molecular formula is C20H21F3N4O9. The van der Waals surface area contributed by atoms with E-state index in [4.69, 9.17) is 19.0 Å². The van der Waals surface area contributed by atoms with Crippen LogP contribution in [0.1, 0.15) is 25.3 Å². The van der Waals surface area contributed by atoms with Crippen molar-refractivity contribution in [3.8, 4) is 0 Å². The van der Waals surface area contributed by atoms with E-state index in [1.807, 2.05) is 0 Å².